The molecule has 1 aromatic heterocycles. The molecule has 2 aromatic rings. The molecule has 1 aliphatic rings. The van der Waals surface area contributed by atoms with E-state index in [1.807, 2.05) is 12.3 Å². The molecule has 2 heterocycles. The van der Waals surface area contributed by atoms with Crippen LogP contribution in [0.1, 0.15) is 18.4 Å². The lowest BCUT2D eigenvalue weighted by Gasteiger charge is -2.25. The van der Waals surface area contributed by atoms with Gasteiger partial charge in [0.15, 0.2) is 9.84 Å². The van der Waals surface area contributed by atoms with Gasteiger partial charge in [-0.05, 0) is 37.2 Å². The summed E-state index contributed by atoms with van der Waals surface area (Å²) in [5, 5.41) is 2.91. The summed E-state index contributed by atoms with van der Waals surface area (Å²) in [7, 11) is -2.88. The fourth-order valence-corrected chi connectivity index (χ4v) is 5.46. The van der Waals surface area contributed by atoms with E-state index in [1.54, 1.807) is 23.5 Å². The van der Waals surface area contributed by atoms with Crippen molar-refractivity contribution in [1.29, 1.82) is 0 Å². The molecule has 124 valence electrons. The second-order valence-corrected chi connectivity index (χ2v) is 8.92. The highest BCUT2D eigenvalue weighted by molar-refractivity contribution is 7.91. The summed E-state index contributed by atoms with van der Waals surface area (Å²) in [6.45, 7) is 3.49. The summed E-state index contributed by atoms with van der Waals surface area (Å²) < 4.78 is 36.3. The first-order chi connectivity index (χ1) is 11.0. The molecule has 3 rings (SSSR count). The minimum atomic E-state index is -2.88. The lowest BCUT2D eigenvalue weighted by Crippen LogP contribution is -2.35. The zero-order valence-corrected chi connectivity index (χ0v) is 14.5. The van der Waals surface area contributed by atoms with Gasteiger partial charge in [0, 0.05) is 17.0 Å². The van der Waals surface area contributed by atoms with E-state index in [0.29, 0.717) is 13.0 Å². The summed E-state index contributed by atoms with van der Waals surface area (Å²) in [5.74, 6) is 0.271. The maximum Gasteiger partial charge on any atom is 0.151 e. The molecule has 1 saturated heterocycles. The first kappa shape index (κ1) is 16.5. The van der Waals surface area contributed by atoms with E-state index in [0.717, 1.165) is 22.8 Å². The lowest BCUT2D eigenvalue weighted by atomic mass is 10.2. The Morgan fingerprint density at radius 1 is 1.35 bits per heavy atom. The number of aromatic nitrogens is 1. The molecule has 0 spiro atoms. The predicted octanol–water partition coefficient (Wildman–Crippen LogP) is 2.96. The Hall–Kier alpha value is -1.31. The van der Waals surface area contributed by atoms with E-state index in [1.165, 1.54) is 12.1 Å². The van der Waals surface area contributed by atoms with E-state index < -0.39 is 9.84 Å². The van der Waals surface area contributed by atoms with Crippen LogP contribution in [0.3, 0.4) is 0 Å². The number of hydrogen-bond acceptors (Lipinski definition) is 5. The summed E-state index contributed by atoms with van der Waals surface area (Å²) in [6.07, 6.45) is 0.701. The van der Waals surface area contributed by atoms with Gasteiger partial charge in [-0.15, -0.1) is 11.3 Å². The number of thiazole rings is 1. The van der Waals surface area contributed by atoms with Crippen molar-refractivity contribution in [2.75, 3.05) is 18.1 Å². The van der Waals surface area contributed by atoms with Crippen LogP contribution in [0.25, 0.3) is 11.3 Å². The lowest BCUT2D eigenvalue weighted by molar-refractivity contribution is 0.214. The van der Waals surface area contributed by atoms with Crippen LogP contribution >= 0.6 is 11.3 Å². The van der Waals surface area contributed by atoms with Crippen LogP contribution < -0.4 is 0 Å². The van der Waals surface area contributed by atoms with Crippen molar-refractivity contribution in [2.45, 2.75) is 25.9 Å². The summed E-state index contributed by atoms with van der Waals surface area (Å²) in [4.78, 5) is 6.79. The number of rotatable bonds is 5. The molecule has 0 unspecified atom stereocenters. The van der Waals surface area contributed by atoms with Gasteiger partial charge in [-0.3, -0.25) is 4.90 Å². The smallest absolute Gasteiger partial charge is 0.151 e. The normalized spacial score (nSPS) is 20.2. The average Bonchev–Trinajstić information content (AvgIpc) is 3.12. The first-order valence-electron chi connectivity index (χ1n) is 7.61. The highest BCUT2D eigenvalue weighted by Crippen LogP contribution is 2.25. The summed E-state index contributed by atoms with van der Waals surface area (Å²) in [5.41, 5.74) is 1.72. The van der Waals surface area contributed by atoms with Crippen LogP contribution in [-0.2, 0) is 16.4 Å². The maximum absolute atomic E-state index is 13.0. The number of halogens is 1. The van der Waals surface area contributed by atoms with Gasteiger partial charge in [-0.1, -0.05) is 6.92 Å². The van der Waals surface area contributed by atoms with Crippen LogP contribution in [0.4, 0.5) is 4.39 Å². The van der Waals surface area contributed by atoms with Crippen LogP contribution in [0.15, 0.2) is 29.6 Å². The highest BCUT2D eigenvalue weighted by atomic mass is 32.2. The number of nitrogens with zero attached hydrogens (tertiary/aromatic N) is 2. The van der Waals surface area contributed by atoms with Crippen LogP contribution in [0.2, 0.25) is 0 Å². The predicted molar refractivity (Wildman–Crippen MR) is 90.7 cm³/mol. The quantitative estimate of drug-likeness (QED) is 0.828. The topological polar surface area (TPSA) is 50.3 Å². The number of hydrogen-bond donors (Lipinski definition) is 0. The van der Waals surface area contributed by atoms with Crippen molar-refractivity contribution in [1.82, 2.24) is 9.88 Å². The fourth-order valence-electron chi connectivity index (χ4n) is 2.87. The average molecular weight is 354 g/mol. The second kappa shape index (κ2) is 6.67. The van der Waals surface area contributed by atoms with Crippen molar-refractivity contribution in [3.63, 3.8) is 0 Å². The van der Waals surface area contributed by atoms with Gasteiger partial charge in [0.2, 0.25) is 0 Å². The molecule has 0 amide bonds. The van der Waals surface area contributed by atoms with E-state index in [9.17, 15) is 12.8 Å². The van der Waals surface area contributed by atoms with Crippen LogP contribution in [0.5, 0.6) is 0 Å². The van der Waals surface area contributed by atoms with Crippen LogP contribution in [-0.4, -0.2) is 42.4 Å². The molecule has 7 heteroatoms. The van der Waals surface area contributed by atoms with E-state index in [4.69, 9.17) is 0 Å². The second-order valence-electron chi connectivity index (χ2n) is 5.75. The highest BCUT2D eigenvalue weighted by Gasteiger charge is 2.31. The van der Waals surface area contributed by atoms with Crippen molar-refractivity contribution < 1.29 is 12.8 Å². The first-order valence-corrected chi connectivity index (χ1v) is 10.3. The Bertz CT molecular complexity index is 772. The van der Waals surface area contributed by atoms with Gasteiger partial charge in [0.1, 0.15) is 10.8 Å². The molecule has 23 heavy (non-hydrogen) atoms. The van der Waals surface area contributed by atoms with Crippen molar-refractivity contribution >= 4 is 21.2 Å². The van der Waals surface area contributed by atoms with Gasteiger partial charge < -0.3 is 0 Å². The van der Waals surface area contributed by atoms with Gasteiger partial charge in [0.05, 0.1) is 23.7 Å². The SMILES string of the molecule is CCN(Cc1nc(-c2ccc(F)cc2)cs1)[C@@H]1CCS(=O)(=O)C1. The molecule has 1 aromatic carbocycles. The third-order valence-electron chi connectivity index (χ3n) is 4.16. The van der Waals surface area contributed by atoms with Crippen molar-refractivity contribution in [3.05, 3.63) is 40.5 Å². The number of benzene rings is 1. The van der Waals surface area contributed by atoms with Crippen molar-refractivity contribution in [3.8, 4) is 11.3 Å². The zero-order chi connectivity index (χ0) is 16.4. The molecular weight excluding hydrogens is 335 g/mol. The largest absolute Gasteiger partial charge is 0.293 e. The number of sulfone groups is 1. The Kier molecular flexibility index (Phi) is 4.79. The van der Waals surface area contributed by atoms with Crippen molar-refractivity contribution in [2.24, 2.45) is 0 Å². The Morgan fingerprint density at radius 2 is 2.09 bits per heavy atom. The maximum atomic E-state index is 13.0. The molecule has 1 fully saturated rings. The molecule has 0 radical (unpaired) electrons. The fraction of sp³-hybridized carbons (Fsp3) is 0.438. The van der Waals surface area contributed by atoms with Gasteiger partial charge >= 0.3 is 0 Å². The Labute approximate surface area is 139 Å². The van der Waals surface area contributed by atoms with Gasteiger partial charge in [-0.25, -0.2) is 17.8 Å². The third-order valence-corrected chi connectivity index (χ3v) is 6.74. The van der Waals surface area contributed by atoms with E-state index in [2.05, 4.69) is 9.88 Å². The van der Waals surface area contributed by atoms with Gasteiger partial charge in [0.25, 0.3) is 0 Å². The van der Waals surface area contributed by atoms with E-state index >= 15 is 0 Å². The molecule has 0 bridgehead atoms. The molecule has 1 atom stereocenters. The zero-order valence-electron chi connectivity index (χ0n) is 12.9. The summed E-state index contributed by atoms with van der Waals surface area (Å²) >= 11 is 1.55. The Balaban J connectivity index is 1.71. The molecule has 4 nitrogen and oxygen atoms in total. The molecule has 1 aliphatic heterocycles. The van der Waals surface area contributed by atoms with Gasteiger partial charge in [-0.2, -0.15) is 0 Å². The van der Waals surface area contributed by atoms with Crippen LogP contribution in [0, 0.1) is 5.82 Å². The molecule has 0 saturated carbocycles. The molecule has 0 N–H and O–H groups in total. The Morgan fingerprint density at radius 3 is 2.70 bits per heavy atom. The summed E-state index contributed by atoms with van der Waals surface area (Å²) in [6, 6.07) is 6.37. The minimum absolute atomic E-state index is 0.0863. The monoisotopic (exact) mass is 354 g/mol. The standard InChI is InChI=1S/C16H19FN2O2S2/c1-2-19(14-7-8-23(20,21)11-14)9-16-18-15(10-22-16)12-3-5-13(17)6-4-12/h3-6,10,14H,2,7-9,11H2,1H3/t14-/m1/s1. The third kappa shape index (κ3) is 3.97. The molecule has 0 aliphatic carbocycles. The minimum Gasteiger partial charge on any atom is -0.293 e. The molecular formula is C16H19FN2O2S2. The van der Waals surface area contributed by atoms with E-state index in [-0.39, 0.29) is 23.4 Å².